The molecule has 0 aliphatic rings. The number of nitrogens with one attached hydrogen (secondary N) is 1. The van der Waals surface area contributed by atoms with Crippen molar-refractivity contribution in [2.45, 2.75) is 12.7 Å². The molecule has 3 nitrogen and oxygen atoms in total. The first-order chi connectivity index (χ1) is 7.24. The first-order valence-electron chi connectivity index (χ1n) is 4.86. The van der Waals surface area contributed by atoms with E-state index < -0.39 is 0 Å². The second-order valence-electron chi connectivity index (χ2n) is 3.41. The van der Waals surface area contributed by atoms with Crippen LogP contribution in [0.25, 0.3) is 0 Å². The highest BCUT2D eigenvalue weighted by atomic mass is 32.2. The molecule has 82 valence electrons. The molecule has 0 bridgehead atoms. The molecule has 15 heavy (non-hydrogen) atoms. The minimum atomic E-state index is -0.101. The quantitative estimate of drug-likeness (QED) is 0.453. The van der Waals surface area contributed by atoms with E-state index in [-0.39, 0.29) is 11.8 Å². The molecule has 0 aliphatic heterocycles. The molecule has 0 saturated carbocycles. The molecule has 1 atom stereocenters. The van der Waals surface area contributed by atoms with Crippen molar-refractivity contribution >= 4 is 17.7 Å². The van der Waals surface area contributed by atoms with Gasteiger partial charge >= 0.3 is 0 Å². The molecule has 0 fully saturated rings. The average Bonchev–Trinajstić information content (AvgIpc) is 2.29. The van der Waals surface area contributed by atoms with Crippen molar-refractivity contribution in [3.63, 3.8) is 0 Å². The molecule has 1 aromatic rings. The largest absolute Gasteiger partial charge is 0.294 e. The van der Waals surface area contributed by atoms with E-state index in [1.807, 2.05) is 25.1 Å². The molecule has 0 aromatic heterocycles. The molecule has 1 amide bonds. The monoisotopic (exact) mass is 224 g/mol. The minimum absolute atomic E-state index is 0.0382. The summed E-state index contributed by atoms with van der Waals surface area (Å²) in [4.78, 5) is 11.1. The van der Waals surface area contributed by atoms with Gasteiger partial charge in [0.05, 0.1) is 0 Å². The number of hydrazine groups is 1. The number of rotatable bonds is 5. The predicted octanol–water partition coefficient (Wildman–Crippen LogP) is 1.55. The lowest BCUT2D eigenvalue weighted by molar-refractivity contribution is -0.123. The Morgan fingerprint density at radius 2 is 2.13 bits per heavy atom. The summed E-state index contributed by atoms with van der Waals surface area (Å²) in [7, 11) is 0. The highest BCUT2D eigenvalue weighted by molar-refractivity contribution is 7.98. The van der Waals surface area contributed by atoms with Gasteiger partial charge in [-0.1, -0.05) is 37.3 Å². The van der Waals surface area contributed by atoms with Gasteiger partial charge in [0.1, 0.15) is 0 Å². The SMILES string of the molecule is CC(CSCc1ccccc1)C(=O)NN. The van der Waals surface area contributed by atoms with E-state index >= 15 is 0 Å². The van der Waals surface area contributed by atoms with Crippen molar-refractivity contribution in [2.24, 2.45) is 11.8 Å². The number of carbonyl (C=O) groups excluding carboxylic acids is 1. The van der Waals surface area contributed by atoms with E-state index in [1.54, 1.807) is 11.8 Å². The van der Waals surface area contributed by atoms with Gasteiger partial charge in [0.25, 0.3) is 0 Å². The van der Waals surface area contributed by atoms with Gasteiger partial charge in [-0.05, 0) is 5.56 Å². The van der Waals surface area contributed by atoms with Crippen molar-refractivity contribution in [3.05, 3.63) is 35.9 Å². The summed E-state index contributed by atoms with van der Waals surface area (Å²) in [6, 6.07) is 10.2. The van der Waals surface area contributed by atoms with Crippen LogP contribution >= 0.6 is 11.8 Å². The summed E-state index contributed by atoms with van der Waals surface area (Å²) >= 11 is 1.74. The number of nitrogens with two attached hydrogens (primary N) is 1. The van der Waals surface area contributed by atoms with Crippen molar-refractivity contribution in [3.8, 4) is 0 Å². The van der Waals surface area contributed by atoms with E-state index in [2.05, 4.69) is 17.6 Å². The van der Waals surface area contributed by atoms with Crippen LogP contribution in [0.1, 0.15) is 12.5 Å². The third-order valence-electron chi connectivity index (χ3n) is 2.07. The molecule has 1 aromatic carbocycles. The van der Waals surface area contributed by atoms with Crippen LogP contribution in [0.4, 0.5) is 0 Å². The van der Waals surface area contributed by atoms with Crippen LogP contribution in [0, 0.1) is 5.92 Å². The maximum atomic E-state index is 11.1. The number of carbonyl (C=O) groups is 1. The Morgan fingerprint density at radius 3 is 2.73 bits per heavy atom. The summed E-state index contributed by atoms with van der Waals surface area (Å²) in [6.45, 7) is 1.88. The van der Waals surface area contributed by atoms with Crippen molar-refractivity contribution < 1.29 is 4.79 Å². The van der Waals surface area contributed by atoms with Gasteiger partial charge in [-0.2, -0.15) is 11.8 Å². The third-order valence-corrected chi connectivity index (χ3v) is 3.34. The molecule has 1 rings (SSSR count). The van der Waals surface area contributed by atoms with Crippen molar-refractivity contribution in [1.29, 1.82) is 0 Å². The van der Waals surface area contributed by atoms with E-state index in [9.17, 15) is 4.79 Å². The molecule has 0 spiro atoms. The van der Waals surface area contributed by atoms with Crippen LogP contribution in [0.15, 0.2) is 30.3 Å². The number of hydrogen-bond acceptors (Lipinski definition) is 3. The van der Waals surface area contributed by atoms with Crippen LogP contribution in [-0.2, 0) is 10.5 Å². The van der Waals surface area contributed by atoms with Crippen LogP contribution in [0.3, 0.4) is 0 Å². The Labute approximate surface area is 94.4 Å². The maximum absolute atomic E-state index is 11.1. The number of thioether (sulfide) groups is 1. The average molecular weight is 224 g/mol. The molecule has 1 unspecified atom stereocenters. The van der Waals surface area contributed by atoms with E-state index in [0.717, 1.165) is 11.5 Å². The van der Waals surface area contributed by atoms with E-state index in [1.165, 1.54) is 5.56 Å². The highest BCUT2D eigenvalue weighted by Gasteiger charge is 2.10. The normalized spacial score (nSPS) is 12.1. The standard InChI is InChI=1S/C11H16N2OS/c1-9(11(14)13-12)7-15-8-10-5-3-2-4-6-10/h2-6,9H,7-8,12H2,1H3,(H,13,14). The molecule has 3 N–H and O–H groups in total. The first-order valence-corrected chi connectivity index (χ1v) is 6.01. The Morgan fingerprint density at radius 1 is 1.47 bits per heavy atom. The fraction of sp³-hybridized carbons (Fsp3) is 0.364. The van der Waals surface area contributed by atoms with Crippen molar-refractivity contribution in [2.75, 3.05) is 5.75 Å². The Balaban J connectivity index is 2.25. The van der Waals surface area contributed by atoms with Gasteiger partial charge in [0.15, 0.2) is 0 Å². The molecule has 0 heterocycles. The molecular formula is C11H16N2OS. The van der Waals surface area contributed by atoms with Gasteiger partial charge in [0, 0.05) is 17.4 Å². The first kappa shape index (κ1) is 12.1. The predicted molar refractivity (Wildman–Crippen MR) is 64.1 cm³/mol. The lowest BCUT2D eigenvalue weighted by atomic mass is 10.2. The Bertz CT molecular complexity index is 303. The summed E-state index contributed by atoms with van der Waals surface area (Å²) in [5.74, 6) is 6.63. The summed E-state index contributed by atoms with van der Waals surface area (Å²) in [5, 5.41) is 0. The highest BCUT2D eigenvalue weighted by Crippen LogP contribution is 2.15. The van der Waals surface area contributed by atoms with E-state index in [4.69, 9.17) is 5.84 Å². The zero-order valence-electron chi connectivity index (χ0n) is 8.77. The summed E-state index contributed by atoms with van der Waals surface area (Å²) < 4.78 is 0. The lowest BCUT2D eigenvalue weighted by Crippen LogP contribution is -2.35. The smallest absolute Gasteiger partial charge is 0.237 e. The fourth-order valence-corrected chi connectivity index (χ4v) is 2.20. The maximum Gasteiger partial charge on any atom is 0.237 e. The number of amides is 1. The second kappa shape index (κ2) is 6.48. The van der Waals surface area contributed by atoms with Gasteiger partial charge < -0.3 is 0 Å². The Hall–Kier alpha value is -1.00. The van der Waals surface area contributed by atoms with Crippen LogP contribution in [0.5, 0.6) is 0 Å². The van der Waals surface area contributed by atoms with Crippen LogP contribution in [0.2, 0.25) is 0 Å². The molecule has 0 aliphatic carbocycles. The molecule has 4 heteroatoms. The summed E-state index contributed by atoms with van der Waals surface area (Å²) in [6.07, 6.45) is 0. The van der Waals surface area contributed by atoms with Crippen molar-refractivity contribution in [1.82, 2.24) is 5.43 Å². The number of hydrogen-bond donors (Lipinski definition) is 2. The van der Waals surface area contributed by atoms with Gasteiger partial charge in [-0.15, -0.1) is 0 Å². The Kier molecular flexibility index (Phi) is 5.21. The number of benzene rings is 1. The van der Waals surface area contributed by atoms with Gasteiger partial charge in [-0.25, -0.2) is 5.84 Å². The zero-order valence-corrected chi connectivity index (χ0v) is 9.59. The topological polar surface area (TPSA) is 55.1 Å². The lowest BCUT2D eigenvalue weighted by Gasteiger charge is -2.08. The molecule has 0 saturated heterocycles. The third kappa shape index (κ3) is 4.36. The molecule has 0 radical (unpaired) electrons. The fourth-order valence-electron chi connectivity index (χ4n) is 1.15. The van der Waals surface area contributed by atoms with E-state index in [0.29, 0.717) is 0 Å². The second-order valence-corrected chi connectivity index (χ2v) is 4.44. The van der Waals surface area contributed by atoms with Gasteiger partial charge in [0.2, 0.25) is 5.91 Å². The minimum Gasteiger partial charge on any atom is -0.294 e. The summed E-state index contributed by atoms with van der Waals surface area (Å²) in [5.41, 5.74) is 3.44. The van der Waals surface area contributed by atoms with Crippen LogP contribution < -0.4 is 11.3 Å². The molecular weight excluding hydrogens is 208 g/mol. The van der Waals surface area contributed by atoms with Crippen LogP contribution in [-0.4, -0.2) is 11.7 Å². The zero-order chi connectivity index (χ0) is 11.1. The van der Waals surface area contributed by atoms with Gasteiger partial charge in [-0.3, -0.25) is 10.2 Å².